The quantitative estimate of drug-likeness (QED) is 0.318. The number of benzene rings is 2. The predicted octanol–water partition coefficient (Wildman–Crippen LogP) is 8.64. The first-order valence-corrected chi connectivity index (χ1v) is 14.6. The van der Waals surface area contributed by atoms with Gasteiger partial charge in [-0.25, -0.2) is 9.79 Å². The molecule has 2 heterocycles. The highest BCUT2D eigenvalue weighted by Gasteiger charge is 2.33. The predicted molar refractivity (Wildman–Crippen MR) is 161 cm³/mol. The molecule has 5 rings (SSSR count). The first-order chi connectivity index (χ1) is 18.9. The summed E-state index contributed by atoms with van der Waals surface area (Å²) < 4.78 is 7.50. The molecule has 1 aromatic heterocycles. The van der Waals surface area contributed by atoms with E-state index in [1.807, 2.05) is 37.3 Å². The normalized spacial score (nSPS) is 18.4. The van der Waals surface area contributed by atoms with Gasteiger partial charge >= 0.3 is 5.97 Å². The molecule has 0 atom stereocenters. The Kier molecular flexibility index (Phi) is 8.12. The van der Waals surface area contributed by atoms with Crippen molar-refractivity contribution < 1.29 is 14.6 Å². The van der Waals surface area contributed by atoms with Gasteiger partial charge in [0.1, 0.15) is 16.4 Å². The number of aliphatic imine (C=N–C) groups is 1. The van der Waals surface area contributed by atoms with Gasteiger partial charge in [-0.15, -0.1) is 0 Å². The SMILES string of the molecule is CCOC(=O)C1=C(O)/C(=C/c2cc(C)n(-c3ccc(C4CCCCC4)cc3)c2C)SC1=Nc1ccc(C)cc1. The van der Waals surface area contributed by atoms with Crippen molar-refractivity contribution in [1.29, 1.82) is 0 Å². The van der Waals surface area contributed by atoms with E-state index in [1.165, 1.54) is 49.4 Å². The van der Waals surface area contributed by atoms with Crippen molar-refractivity contribution in [1.82, 2.24) is 4.57 Å². The second kappa shape index (κ2) is 11.7. The molecule has 2 aliphatic rings. The van der Waals surface area contributed by atoms with Gasteiger partial charge in [-0.05, 0) is 94.0 Å². The Balaban J connectivity index is 1.47. The van der Waals surface area contributed by atoms with E-state index in [0.29, 0.717) is 21.6 Å². The lowest BCUT2D eigenvalue weighted by atomic mass is 9.84. The number of esters is 1. The monoisotopic (exact) mass is 540 g/mol. The van der Waals surface area contributed by atoms with E-state index >= 15 is 0 Å². The van der Waals surface area contributed by atoms with Crippen molar-refractivity contribution in [3.63, 3.8) is 0 Å². The number of aryl methyl sites for hydroxylation is 2. The van der Waals surface area contributed by atoms with Crippen molar-refractivity contribution in [2.24, 2.45) is 4.99 Å². The molecule has 2 aromatic carbocycles. The minimum Gasteiger partial charge on any atom is -0.506 e. The Morgan fingerprint density at radius 3 is 2.41 bits per heavy atom. The summed E-state index contributed by atoms with van der Waals surface area (Å²) in [5.74, 6) is 0.0182. The summed E-state index contributed by atoms with van der Waals surface area (Å²) in [6, 6.07) is 18.9. The van der Waals surface area contributed by atoms with E-state index in [2.05, 4.69) is 53.7 Å². The van der Waals surface area contributed by atoms with Crippen molar-refractivity contribution in [2.45, 2.75) is 65.7 Å². The van der Waals surface area contributed by atoms with Gasteiger partial charge in [0.05, 0.1) is 17.2 Å². The summed E-state index contributed by atoms with van der Waals surface area (Å²) in [5.41, 5.74) is 7.68. The van der Waals surface area contributed by atoms with Crippen LogP contribution in [0, 0.1) is 20.8 Å². The molecule has 0 bridgehead atoms. The van der Waals surface area contributed by atoms with Gasteiger partial charge in [-0.1, -0.05) is 60.9 Å². The molecule has 0 spiro atoms. The number of thioether (sulfide) groups is 1. The zero-order valence-corrected chi connectivity index (χ0v) is 24.0. The molecule has 39 heavy (non-hydrogen) atoms. The molecular weight excluding hydrogens is 504 g/mol. The zero-order chi connectivity index (χ0) is 27.5. The summed E-state index contributed by atoms with van der Waals surface area (Å²) in [6.45, 7) is 8.16. The summed E-state index contributed by atoms with van der Waals surface area (Å²) in [4.78, 5) is 18.1. The molecular formula is C33H36N2O3S. The minimum absolute atomic E-state index is 0.0917. The number of ether oxygens (including phenoxy) is 1. The fourth-order valence-corrected chi connectivity index (χ4v) is 6.56. The van der Waals surface area contributed by atoms with E-state index in [1.54, 1.807) is 6.92 Å². The van der Waals surface area contributed by atoms with Gasteiger partial charge in [0.25, 0.3) is 0 Å². The van der Waals surface area contributed by atoms with Crippen LogP contribution in [0.1, 0.15) is 73.0 Å². The second-order valence-electron chi connectivity index (χ2n) is 10.4. The zero-order valence-electron chi connectivity index (χ0n) is 23.2. The molecule has 6 heteroatoms. The number of hydrogen-bond donors (Lipinski definition) is 1. The average molecular weight is 541 g/mol. The highest BCUT2D eigenvalue weighted by atomic mass is 32.2. The number of rotatable bonds is 6. The lowest BCUT2D eigenvalue weighted by Crippen LogP contribution is -2.12. The maximum Gasteiger partial charge on any atom is 0.344 e. The Hall–Kier alpha value is -3.51. The smallest absolute Gasteiger partial charge is 0.344 e. The third-order valence-corrected chi connectivity index (χ3v) is 8.64. The number of hydrogen-bond acceptors (Lipinski definition) is 5. The van der Waals surface area contributed by atoms with Crippen LogP contribution in [-0.4, -0.2) is 27.3 Å². The number of carbonyl (C=O) groups is 1. The molecule has 1 saturated carbocycles. The number of aliphatic hydroxyl groups excluding tert-OH is 1. The number of carbonyl (C=O) groups excluding carboxylic acids is 1. The minimum atomic E-state index is -0.569. The van der Waals surface area contributed by atoms with Gasteiger partial charge < -0.3 is 14.4 Å². The first kappa shape index (κ1) is 27.1. The molecule has 1 N–H and O–H groups in total. The van der Waals surface area contributed by atoms with Crippen molar-refractivity contribution in [2.75, 3.05) is 6.61 Å². The highest BCUT2D eigenvalue weighted by Crippen LogP contribution is 2.41. The summed E-state index contributed by atoms with van der Waals surface area (Å²) in [5, 5.41) is 11.6. The van der Waals surface area contributed by atoms with E-state index in [4.69, 9.17) is 4.74 Å². The van der Waals surface area contributed by atoms with Crippen LogP contribution in [0.25, 0.3) is 11.8 Å². The number of nitrogens with zero attached hydrogens (tertiary/aromatic N) is 2. The van der Waals surface area contributed by atoms with Crippen molar-refractivity contribution in [3.05, 3.63) is 98.9 Å². The Labute approximate surface area is 235 Å². The van der Waals surface area contributed by atoms with Crippen LogP contribution in [-0.2, 0) is 9.53 Å². The molecule has 202 valence electrons. The van der Waals surface area contributed by atoms with E-state index < -0.39 is 5.97 Å². The Morgan fingerprint density at radius 2 is 1.74 bits per heavy atom. The van der Waals surface area contributed by atoms with E-state index in [-0.39, 0.29) is 17.9 Å². The second-order valence-corrected chi connectivity index (χ2v) is 11.4. The van der Waals surface area contributed by atoms with Crippen LogP contribution in [0.15, 0.2) is 75.8 Å². The van der Waals surface area contributed by atoms with Crippen molar-refractivity contribution in [3.8, 4) is 5.69 Å². The van der Waals surface area contributed by atoms with Gasteiger partial charge in [0, 0.05) is 17.1 Å². The third-order valence-electron chi connectivity index (χ3n) is 7.62. The summed E-state index contributed by atoms with van der Waals surface area (Å²) in [7, 11) is 0. The molecule has 0 amide bonds. The molecule has 0 radical (unpaired) electrons. The topological polar surface area (TPSA) is 63.8 Å². The third kappa shape index (κ3) is 5.76. The van der Waals surface area contributed by atoms with E-state index in [9.17, 15) is 9.90 Å². The van der Waals surface area contributed by atoms with Crippen LogP contribution in [0.2, 0.25) is 0 Å². The van der Waals surface area contributed by atoms with Gasteiger partial charge in [0.2, 0.25) is 0 Å². The van der Waals surface area contributed by atoms with Crippen LogP contribution >= 0.6 is 11.8 Å². The van der Waals surface area contributed by atoms with E-state index in [0.717, 1.165) is 28.2 Å². The fourth-order valence-electron chi connectivity index (χ4n) is 5.53. The fraction of sp³-hybridized carbons (Fsp3) is 0.333. The van der Waals surface area contributed by atoms with Crippen LogP contribution in [0.4, 0.5) is 5.69 Å². The number of aliphatic hydroxyl groups is 1. The standard InChI is InChI=1S/C33H36N2O3S/c1-5-38-33(37)30-31(36)29(39-32(30)34-27-15-11-21(2)12-16-27)20-26-19-22(3)35(23(26)4)28-17-13-25(14-18-28)24-9-7-6-8-10-24/h11-20,24,36H,5-10H2,1-4H3/b29-20-,34-32?. The summed E-state index contributed by atoms with van der Waals surface area (Å²) in [6.07, 6.45) is 8.53. The Morgan fingerprint density at radius 1 is 1.05 bits per heavy atom. The first-order valence-electron chi connectivity index (χ1n) is 13.8. The van der Waals surface area contributed by atoms with Gasteiger partial charge in [-0.2, -0.15) is 0 Å². The van der Waals surface area contributed by atoms with Gasteiger partial charge in [-0.3, -0.25) is 0 Å². The van der Waals surface area contributed by atoms with Crippen LogP contribution in [0.3, 0.4) is 0 Å². The molecule has 3 aromatic rings. The van der Waals surface area contributed by atoms with Crippen LogP contribution in [0.5, 0.6) is 0 Å². The largest absolute Gasteiger partial charge is 0.506 e. The van der Waals surface area contributed by atoms with Gasteiger partial charge in [0.15, 0.2) is 0 Å². The molecule has 5 nitrogen and oxygen atoms in total. The maximum atomic E-state index is 12.8. The average Bonchev–Trinajstić information content (AvgIpc) is 3.40. The van der Waals surface area contributed by atoms with Crippen molar-refractivity contribution >= 4 is 34.5 Å². The molecule has 1 aliphatic carbocycles. The number of aromatic nitrogens is 1. The lowest BCUT2D eigenvalue weighted by molar-refractivity contribution is -0.138. The highest BCUT2D eigenvalue weighted by molar-refractivity contribution is 8.18. The molecule has 1 fully saturated rings. The van der Waals surface area contributed by atoms with Crippen LogP contribution < -0.4 is 0 Å². The maximum absolute atomic E-state index is 12.8. The molecule has 0 saturated heterocycles. The summed E-state index contributed by atoms with van der Waals surface area (Å²) >= 11 is 1.29. The Bertz CT molecular complexity index is 1450. The molecule has 1 aliphatic heterocycles. The lowest BCUT2D eigenvalue weighted by Gasteiger charge is -2.22. The molecule has 0 unspecified atom stereocenters.